The third-order valence-electron chi connectivity index (χ3n) is 4.27. The second kappa shape index (κ2) is 5.94. The minimum atomic E-state index is -0.476. The molecule has 1 N–H and O–H groups in total. The van der Waals surface area contributed by atoms with Crippen molar-refractivity contribution >= 4 is 27.7 Å². The summed E-state index contributed by atoms with van der Waals surface area (Å²) in [6, 6.07) is 5.43. The number of amides is 1. The molecular formula is C16H16BrN3O4. The third-order valence-corrected chi connectivity index (χ3v) is 4.89. The van der Waals surface area contributed by atoms with Gasteiger partial charge >= 0.3 is 5.69 Å². The molecule has 1 unspecified atom stereocenters. The molecule has 2 heterocycles. The quantitative estimate of drug-likeness (QED) is 0.834. The van der Waals surface area contributed by atoms with Gasteiger partial charge in [-0.25, -0.2) is 4.79 Å². The Bertz CT molecular complexity index is 961. The van der Waals surface area contributed by atoms with Gasteiger partial charge in [0.15, 0.2) is 0 Å². The van der Waals surface area contributed by atoms with Gasteiger partial charge < -0.3 is 10.1 Å². The van der Waals surface area contributed by atoms with Crippen LogP contribution in [0.3, 0.4) is 0 Å². The number of hydrogen-bond donors (Lipinski definition) is 1. The van der Waals surface area contributed by atoms with Gasteiger partial charge in [0.1, 0.15) is 11.6 Å². The standard InChI is InChI=1S/C16H16BrN3O4/c1-19-14-13(15(22)20(2)16(19)23)9(7-12(21)18-14)8-4-5-11(24-3)10(17)6-8/h4-6,9H,7H2,1-3H3,(H,18,21). The molecule has 8 heteroatoms. The average molecular weight is 394 g/mol. The molecule has 0 bridgehead atoms. The maximum Gasteiger partial charge on any atom is 0.332 e. The summed E-state index contributed by atoms with van der Waals surface area (Å²) in [6.45, 7) is 0. The topological polar surface area (TPSA) is 82.3 Å². The lowest BCUT2D eigenvalue weighted by Gasteiger charge is -2.27. The Hall–Kier alpha value is -2.35. The van der Waals surface area contributed by atoms with Crippen molar-refractivity contribution < 1.29 is 9.53 Å². The molecule has 126 valence electrons. The lowest BCUT2D eigenvalue weighted by Crippen LogP contribution is -2.44. The van der Waals surface area contributed by atoms with Gasteiger partial charge in [-0.1, -0.05) is 6.07 Å². The number of nitrogens with zero attached hydrogens (tertiary/aromatic N) is 2. The number of ether oxygens (including phenoxy) is 1. The van der Waals surface area contributed by atoms with E-state index < -0.39 is 17.2 Å². The van der Waals surface area contributed by atoms with Gasteiger partial charge in [-0.05, 0) is 33.6 Å². The molecule has 0 radical (unpaired) electrons. The highest BCUT2D eigenvalue weighted by molar-refractivity contribution is 9.10. The van der Waals surface area contributed by atoms with Crippen LogP contribution >= 0.6 is 15.9 Å². The normalized spacial score (nSPS) is 16.5. The van der Waals surface area contributed by atoms with Crippen LogP contribution in [0.25, 0.3) is 0 Å². The Kier molecular flexibility index (Phi) is 4.08. The number of rotatable bonds is 2. The first kappa shape index (κ1) is 16.5. The number of hydrogen-bond acceptors (Lipinski definition) is 4. The lowest BCUT2D eigenvalue weighted by atomic mass is 9.86. The smallest absolute Gasteiger partial charge is 0.332 e. The summed E-state index contributed by atoms with van der Waals surface area (Å²) < 4.78 is 8.30. The number of fused-ring (bicyclic) bond motifs is 1. The van der Waals surface area contributed by atoms with Crippen LogP contribution in [-0.4, -0.2) is 22.2 Å². The zero-order chi connectivity index (χ0) is 17.6. The van der Waals surface area contributed by atoms with Gasteiger partial charge in [0.25, 0.3) is 5.56 Å². The van der Waals surface area contributed by atoms with Crippen molar-refractivity contribution in [3.05, 3.63) is 54.6 Å². The van der Waals surface area contributed by atoms with Crippen LogP contribution < -0.4 is 21.3 Å². The summed E-state index contributed by atoms with van der Waals surface area (Å²) in [5.41, 5.74) is 0.339. The molecule has 1 atom stereocenters. The number of methoxy groups -OCH3 is 1. The Labute approximate surface area is 146 Å². The molecule has 0 fully saturated rings. The highest BCUT2D eigenvalue weighted by Crippen LogP contribution is 2.37. The van der Waals surface area contributed by atoms with Crippen molar-refractivity contribution in [1.82, 2.24) is 9.13 Å². The molecule has 1 aliphatic rings. The third kappa shape index (κ3) is 2.47. The van der Waals surface area contributed by atoms with Gasteiger partial charge in [-0.2, -0.15) is 0 Å². The average Bonchev–Trinajstić information content (AvgIpc) is 2.57. The van der Waals surface area contributed by atoms with E-state index in [2.05, 4.69) is 21.2 Å². The molecule has 0 spiro atoms. The zero-order valence-corrected chi connectivity index (χ0v) is 15.0. The molecule has 1 amide bonds. The summed E-state index contributed by atoms with van der Waals surface area (Å²) in [6.07, 6.45) is 0.138. The van der Waals surface area contributed by atoms with Crippen molar-refractivity contribution in [2.45, 2.75) is 12.3 Å². The van der Waals surface area contributed by atoms with E-state index in [-0.39, 0.29) is 18.1 Å². The van der Waals surface area contributed by atoms with E-state index in [9.17, 15) is 14.4 Å². The fourth-order valence-electron chi connectivity index (χ4n) is 2.99. The Morgan fingerprint density at radius 3 is 2.54 bits per heavy atom. The van der Waals surface area contributed by atoms with Crippen LogP contribution in [0.2, 0.25) is 0 Å². The molecule has 2 aromatic rings. The van der Waals surface area contributed by atoms with E-state index in [0.29, 0.717) is 11.3 Å². The maximum absolute atomic E-state index is 12.6. The van der Waals surface area contributed by atoms with E-state index in [4.69, 9.17) is 4.74 Å². The molecule has 0 saturated heterocycles. The largest absolute Gasteiger partial charge is 0.496 e. The number of benzene rings is 1. The summed E-state index contributed by atoms with van der Waals surface area (Å²) in [5, 5.41) is 2.65. The highest BCUT2D eigenvalue weighted by Gasteiger charge is 2.32. The van der Waals surface area contributed by atoms with Gasteiger partial charge in [-0.15, -0.1) is 0 Å². The van der Waals surface area contributed by atoms with E-state index >= 15 is 0 Å². The maximum atomic E-state index is 12.6. The van der Waals surface area contributed by atoms with Crippen LogP contribution in [0.4, 0.5) is 5.82 Å². The number of carbonyl (C=O) groups is 1. The predicted molar refractivity (Wildman–Crippen MR) is 92.7 cm³/mol. The predicted octanol–water partition coefficient (Wildman–Crippen LogP) is 1.33. The van der Waals surface area contributed by atoms with E-state index in [1.54, 1.807) is 13.2 Å². The second-order valence-corrected chi connectivity index (χ2v) is 6.52. The van der Waals surface area contributed by atoms with Crippen LogP contribution in [0.15, 0.2) is 32.3 Å². The number of anilines is 1. The summed E-state index contributed by atoms with van der Waals surface area (Å²) >= 11 is 3.42. The van der Waals surface area contributed by atoms with Gasteiger partial charge in [0.2, 0.25) is 5.91 Å². The fourth-order valence-corrected chi connectivity index (χ4v) is 3.55. The number of nitrogens with one attached hydrogen (secondary N) is 1. The molecule has 7 nitrogen and oxygen atoms in total. The Morgan fingerprint density at radius 2 is 1.92 bits per heavy atom. The SMILES string of the molecule is COc1ccc(C2CC(=O)Nc3c2c(=O)n(C)c(=O)n3C)cc1Br. The van der Waals surface area contributed by atoms with Crippen molar-refractivity contribution in [3.8, 4) is 5.75 Å². The first-order valence-electron chi connectivity index (χ1n) is 7.28. The van der Waals surface area contributed by atoms with Gasteiger partial charge in [-0.3, -0.25) is 18.7 Å². The fraction of sp³-hybridized carbons (Fsp3) is 0.312. The van der Waals surface area contributed by atoms with Crippen molar-refractivity contribution in [1.29, 1.82) is 0 Å². The van der Waals surface area contributed by atoms with Crippen LogP contribution in [0, 0.1) is 0 Å². The van der Waals surface area contributed by atoms with E-state index in [1.165, 1.54) is 18.7 Å². The number of carbonyl (C=O) groups excluding carboxylic acids is 1. The van der Waals surface area contributed by atoms with Crippen LogP contribution in [-0.2, 0) is 18.9 Å². The minimum absolute atomic E-state index is 0.138. The van der Waals surface area contributed by atoms with Crippen LogP contribution in [0.5, 0.6) is 5.75 Å². The summed E-state index contributed by atoms with van der Waals surface area (Å²) in [4.78, 5) is 36.9. The molecule has 0 saturated carbocycles. The molecule has 3 rings (SSSR count). The monoisotopic (exact) mass is 393 g/mol. The van der Waals surface area contributed by atoms with Crippen LogP contribution in [0.1, 0.15) is 23.5 Å². The first-order valence-corrected chi connectivity index (χ1v) is 8.07. The van der Waals surface area contributed by atoms with Gasteiger partial charge in [0.05, 0.1) is 17.1 Å². The molecule has 1 aromatic carbocycles. The number of aromatic nitrogens is 2. The summed E-state index contributed by atoms with van der Waals surface area (Å²) in [7, 11) is 4.53. The first-order chi connectivity index (χ1) is 11.3. The van der Waals surface area contributed by atoms with Crippen molar-refractivity contribution in [3.63, 3.8) is 0 Å². The lowest BCUT2D eigenvalue weighted by molar-refractivity contribution is -0.116. The molecule has 24 heavy (non-hydrogen) atoms. The summed E-state index contributed by atoms with van der Waals surface area (Å²) in [5.74, 6) is 0.257. The molecule has 0 aliphatic carbocycles. The Balaban J connectivity index is 2.27. The molecular weight excluding hydrogens is 378 g/mol. The molecule has 1 aromatic heterocycles. The minimum Gasteiger partial charge on any atom is -0.496 e. The van der Waals surface area contributed by atoms with Crippen molar-refractivity contribution in [2.24, 2.45) is 14.1 Å². The zero-order valence-electron chi connectivity index (χ0n) is 13.4. The second-order valence-electron chi connectivity index (χ2n) is 5.67. The highest BCUT2D eigenvalue weighted by atomic mass is 79.9. The molecule has 1 aliphatic heterocycles. The van der Waals surface area contributed by atoms with E-state index in [0.717, 1.165) is 14.6 Å². The van der Waals surface area contributed by atoms with Gasteiger partial charge in [0, 0.05) is 26.4 Å². The van der Waals surface area contributed by atoms with E-state index in [1.807, 2.05) is 12.1 Å². The number of halogens is 1. The van der Waals surface area contributed by atoms with Crippen molar-refractivity contribution in [2.75, 3.05) is 12.4 Å². The Morgan fingerprint density at radius 1 is 1.21 bits per heavy atom.